The third kappa shape index (κ3) is 2.34. The van der Waals surface area contributed by atoms with Gasteiger partial charge in [0, 0.05) is 36.2 Å². The predicted octanol–water partition coefficient (Wildman–Crippen LogP) is 3.57. The Morgan fingerprint density at radius 3 is 2.57 bits per heavy atom. The predicted molar refractivity (Wildman–Crippen MR) is 93.1 cm³/mol. The Morgan fingerprint density at radius 2 is 1.87 bits per heavy atom. The molecule has 0 aliphatic carbocycles. The fourth-order valence-electron chi connectivity index (χ4n) is 4.50. The van der Waals surface area contributed by atoms with Gasteiger partial charge in [-0.05, 0) is 37.6 Å². The lowest BCUT2D eigenvalue weighted by molar-refractivity contribution is -0.0814. The monoisotopic (exact) mass is 328 g/mol. The van der Waals surface area contributed by atoms with Crippen LogP contribution in [0.15, 0.2) is 42.6 Å². The second-order valence-electron chi connectivity index (χ2n) is 6.95. The van der Waals surface area contributed by atoms with Gasteiger partial charge in [-0.25, -0.2) is 4.98 Å². The molecule has 1 spiro atoms. The number of ether oxygens (including phenoxy) is 1. The van der Waals surface area contributed by atoms with E-state index in [0.29, 0.717) is 5.92 Å². The van der Waals surface area contributed by atoms with Crippen LogP contribution in [0.1, 0.15) is 18.4 Å². The first-order valence-electron chi connectivity index (χ1n) is 8.28. The zero-order chi connectivity index (χ0) is 14.6. The van der Waals surface area contributed by atoms with Crippen LogP contribution in [0.5, 0.6) is 5.88 Å². The van der Waals surface area contributed by atoms with E-state index in [0.717, 1.165) is 18.8 Å². The number of benzene rings is 1. The normalized spacial score (nSPS) is 30.6. The summed E-state index contributed by atoms with van der Waals surface area (Å²) in [5.41, 5.74) is 3.71. The SMILES string of the molecule is Cl.c1ccc(-c2cnc3c(c2)C[C@@]2(CN4CCC2CC4)O3)cc1. The first kappa shape index (κ1) is 15.0. The van der Waals surface area contributed by atoms with Crippen LogP contribution in [-0.2, 0) is 6.42 Å². The molecule has 4 aliphatic heterocycles. The Bertz CT molecular complexity index is 713. The summed E-state index contributed by atoms with van der Waals surface area (Å²) in [7, 11) is 0. The summed E-state index contributed by atoms with van der Waals surface area (Å²) in [6.45, 7) is 3.57. The van der Waals surface area contributed by atoms with Crippen molar-refractivity contribution in [1.82, 2.24) is 9.88 Å². The molecule has 0 N–H and O–H groups in total. The average Bonchev–Trinajstić information content (AvgIpc) is 2.93. The number of aromatic nitrogens is 1. The highest BCUT2D eigenvalue weighted by Gasteiger charge is 2.52. The summed E-state index contributed by atoms with van der Waals surface area (Å²) in [6.07, 6.45) is 5.53. The van der Waals surface area contributed by atoms with Crippen molar-refractivity contribution in [3.63, 3.8) is 0 Å². The lowest BCUT2D eigenvalue weighted by Crippen LogP contribution is -2.61. The van der Waals surface area contributed by atoms with Crippen LogP contribution in [0.25, 0.3) is 11.1 Å². The molecule has 6 rings (SSSR count). The summed E-state index contributed by atoms with van der Waals surface area (Å²) < 4.78 is 6.41. The molecule has 2 aromatic rings. The number of hydrogen-bond donors (Lipinski definition) is 0. The van der Waals surface area contributed by atoms with E-state index in [1.54, 1.807) is 0 Å². The van der Waals surface area contributed by atoms with Gasteiger partial charge in [0.2, 0.25) is 5.88 Å². The molecular formula is C19H21ClN2O. The third-order valence-electron chi connectivity index (χ3n) is 5.64. The maximum atomic E-state index is 6.41. The lowest BCUT2D eigenvalue weighted by atomic mass is 9.73. The van der Waals surface area contributed by atoms with Crippen molar-refractivity contribution in [2.45, 2.75) is 24.9 Å². The van der Waals surface area contributed by atoms with Gasteiger partial charge < -0.3 is 4.74 Å². The smallest absolute Gasteiger partial charge is 0.217 e. The first-order valence-corrected chi connectivity index (χ1v) is 8.28. The van der Waals surface area contributed by atoms with E-state index in [9.17, 15) is 0 Å². The number of piperidine rings is 3. The molecular weight excluding hydrogens is 308 g/mol. The van der Waals surface area contributed by atoms with E-state index >= 15 is 0 Å². The molecule has 3 fully saturated rings. The van der Waals surface area contributed by atoms with Gasteiger partial charge in [-0.3, -0.25) is 4.90 Å². The molecule has 5 heterocycles. The number of fused-ring (bicyclic) bond motifs is 3. The Hall–Kier alpha value is -1.58. The minimum Gasteiger partial charge on any atom is -0.469 e. The van der Waals surface area contributed by atoms with Gasteiger partial charge >= 0.3 is 0 Å². The Balaban J connectivity index is 0.00000135. The average molecular weight is 329 g/mol. The summed E-state index contributed by atoms with van der Waals surface area (Å²) in [4.78, 5) is 7.19. The van der Waals surface area contributed by atoms with E-state index in [-0.39, 0.29) is 18.0 Å². The van der Waals surface area contributed by atoms with Gasteiger partial charge in [0.05, 0.1) is 0 Å². The van der Waals surface area contributed by atoms with Crippen LogP contribution in [-0.4, -0.2) is 35.1 Å². The third-order valence-corrected chi connectivity index (χ3v) is 5.64. The number of rotatable bonds is 1. The number of nitrogens with zero attached hydrogens (tertiary/aromatic N) is 2. The molecule has 1 aromatic carbocycles. The molecule has 0 radical (unpaired) electrons. The van der Waals surface area contributed by atoms with Crippen LogP contribution in [0.3, 0.4) is 0 Å². The summed E-state index contributed by atoms with van der Waals surface area (Å²) in [5, 5.41) is 0. The Kier molecular flexibility index (Phi) is 3.58. The molecule has 2 bridgehead atoms. The summed E-state index contributed by atoms with van der Waals surface area (Å²) >= 11 is 0. The lowest BCUT2D eigenvalue weighted by Gasteiger charge is -2.50. The van der Waals surface area contributed by atoms with Gasteiger partial charge in [0.15, 0.2) is 0 Å². The zero-order valence-electron chi connectivity index (χ0n) is 13.1. The minimum absolute atomic E-state index is 0. The largest absolute Gasteiger partial charge is 0.469 e. The highest BCUT2D eigenvalue weighted by Crippen LogP contribution is 2.46. The fraction of sp³-hybridized carbons (Fsp3) is 0.421. The standard InChI is InChI=1S/C19H20N2O.ClH/c1-2-4-14(5-3-1)16-10-15-11-19(22-18(15)20-12-16)13-21-8-6-17(19)7-9-21;/h1-5,10,12,17H,6-9,11,13H2;1H/t19-;/m0./s1. The molecule has 4 heteroatoms. The van der Waals surface area contributed by atoms with Crippen molar-refractivity contribution in [3.05, 3.63) is 48.2 Å². The molecule has 23 heavy (non-hydrogen) atoms. The van der Waals surface area contributed by atoms with Crippen molar-refractivity contribution < 1.29 is 4.74 Å². The van der Waals surface area contributed by atoms with Crippen molar-refractivity contribution in [3.8, 4) is 17.0 Å². The highest BCUT2D eigenvalue weighted by atomic mass is 35.5. The minimum atomic E-state index is 0. The van der Waals surface area contributed by atoms with E-state index < -0.39 is 0 Å². The molecule has 1 atom stereocenters. The molecule has 3 nitrogen and oxygen atoms in total. The first-order chi connectivity index (χ1) is 10.8. The van der Waals surface area contributed by atoms with Crippen LogP contribution in [0, 0.1) is 5.92 Å². The van der Waals surface area contributed by atoms with Crippen molar-refractivity contribution in [2.24, 2.45) is 5.92 Å². The summed E-state index contributed by atoms with van der Waals surface area (Å²) in [6, 6.07) is 12.8. The van der Waals surface area contributed by atoms with Crippen LogP contribution < -0.4 is 4.74 Å². The molecule has 1 aromatic heterocycles. The van der Waals surface area contributed by atoms with Crippen LogP contribution in [0.4, 0.5) is 0 Å². The number of hydrogen-bond acceptors (Lipinski definition) is 3. The van der Waals surface area contributed by atoms with Gasteiger partial charge in [-0.1, -0.05) is 30.3 Å². The second kappa shape index (κ2) is 5.50. The quantitative estimate of drug-likeness (QED) is 0.800. The van der Waals surface area contributed by atoms with Gasteiger partial charge in [0.1, 0.15) is 5.60 Å². The van der Waals surface area contributed by atoms with E-state index in [2.05, 4.69) is 46.3 Å². The zero-order valence-corrected chi connectivity index (χ0v) is 13.9. The number of halogens is 1. The van der Waals surface area contributed by atoms with Crippen molar-refractivity contribution in [2.75, 3.05) is 19.6 Å². The van der Waals surface area contributed by atoms with E-state index in [4.69, 9.17) is 4.74 Å². The van der Waals surface area contributed by atoms with Crippen LogP contribution >= 0.6 is 12.4 Å². The molecule has 0 saturated carbocycles. The van der Waals surface area contributed by atoms with Crippen molar-refractivity contribution in [1.29, 1.82) is 0 Å². The van der Waals surface area contributed by atoms with E-state index in [1.807, 2.05) is 6.20 Å². The van der Waals surface area contributed by atoms with Gasteiger partial charge in [-0.2, -0.15) is 0 Å². The van der Waals surface area contributed by atoms with Gasteiger partial charge in [0.25, 0.3) is 0 Å². The van der Waals surface area contributed by atoms with Gasteiger partial charge in [-0.15, -0.1) is 12.4 Å². The maximum Gasteiger partial charge on any atom is 0.217 e. The fourth-order valence-corrected chi connectivity index (χ4v) is 4.50. The summed E-state index contributed by atoms with van der Waals surface area (Å²) in [5.74, 6) is 1.57. The Morgan fingerprint density at radius 1 is 1.09 bits per heavy atom. The Labute approximate surface area is 143 Å². The second-order valence-corrected chi connectivity index (χ2v) is 6.95. The maximum absolute atomic E-state index is 6.41. The topological polar surface area (TPSA) is 25.4 Å². The van der Waals surface area contributed by atoms with E-state index in [1.165, 1.54) is 42.6 Å². The molecule has 0 amide bonds. The van der Waals surface area contributed by atoms with Crippen molar-refractivity contribution >= 4 is 12.4 Å². The molecule has 0 unspecified atom stereocenters. The van der Waals surface area contributed by atoms with Crippen LogP contribution in [0.2, 0.25) is 0 Å². The molecule has 4 aliphatic rings. The molecule has 3 saturated heterocycles. The highest BCUT2D eigenvalue weighted by molar-refractivity contribution is 5.85. The number of pyridine rings is 1. The molecule has 120 valence electrons.